The smallest absolute Gasteiger partial charge is 0.0608 e. The Hall–Kier alpha value is -0.820. The average Bonchev–Trinajstić information content (AvgIpc) is 2.31. The molecular formula is C15H22O. The van der Waals surface area contributed by atoms with Crippen LogP contribution in [0.25, 0.3) is 0 Å². The normalized spacial score (nSPS) is 25.6. The maximum Gasteiger partial charge on any atom is 0.0608 e. The highest BCUT2D eigenvalue weighted by Crippen LogP contribution is 2.33. The Labute approximate surface area is 98.5 Å². The topological polar surface area (TPSA) is 20.2 Å². The fourth-order valence-corrected chi connectivity index (χ4v) is 2.72. The predicted octanol–water partition coefficient (Wildman–Crippen LogP) is 3.66. The highest BCUT2D eigenvalue weighted by atomic mass is 16.3. The molecule has 1 aromatic carbocycles. The van der Waals surface area contributed by atoms with Gasteiger partial charge in [0.1, 0.15) is 0 Å². The summed E-state index contributed by atoms with van der Waals surface area (Å²) < 4.78 is 0. The molecule has 1 heteroatoms. The molecule has 1 nitrogen and oxygen atoms in total. The molecule has 2 rings (SSSR count). The number of aliphatic hydroxyl groups excluding tert-OH is 1. The van der Waals surface area contributed by atoms with Crippen LogP contribution in [-0.2, 0) is 6.42 Å². The number of hydrogen-bond donors (Lipinski definition) is 1. The fourth-order valence-electron chi connectivity index (χ4n) is 2.72. The first-order valence-corrected chi connectivity index (χ1v) is 6.58. The van der Waals surface area contributed by atoms with Crippen molar-refractivity contribution in [2.45, 2.75) is 57.5 Å². The van der Waals surface area contributed by atoms with Gasteiger partial charge in [-0.15, -0.1) is 0 Å². The van der Waals surface area contributed by atoms with E-state index in [0.29, 0.717) is 5.92 Å². The van der Waals surface area contributed by atoms with Gasteiger partial charge in [0.2, 0.25) is 0 Å². The van der Waals surface area contributed by atoms with E-state index in [2.05, 4.69) is 31.2 Å². The third-order valence-corrected chi connectivity index (χ3v) is 3.68. The molecule has 0 radical (unpaired) electrons. The van der Waals surface area contributed by atoms with Crippen LogP contribution in [0.3, 0.4) is 0 Å². The number of aryl methyl sites for hydroxylation is 1. The number of benzene rings is 1. The third-order valence-electron chi connectivity index (χ3n) is 3.68. The second-order valence-electron chi connectivity index (χ2n) is 4.95. The first-order valence-electron chi connectivity index (χ1n) is 6.58. The monoisotopic (exact) mass is 218 g/mol. The first-order chi connectivity index (χ1) is 7.81. The maximum atomic E-state index is 10.00. The molecule has 88 valence electrons. The van der Waals surface area contributed by atoms with E-state index in [4.69, 9.17) is 0 Å². The van der Waals surface area contributed by atoms with Gasteiger partial charge < -0.3 is 5.11 Å². The molecule has 0 spiro atoms. The van der Waals surface area contributed by atoms with Gasteiger partial charge in [-0.1, -0.05) is 50.5 Å². The second kappa shape index (κ2) is 5.49. The molecule has 0 unspecified atom stereocenters. The van der Waals surface area contributed by atoms with Crippen LogP contribution in [0.15, 0.2) is 24.3 Å². The van der Waals surface area contributed by atoms with Crippen molar-refractivity contribution in [1.29, 1.82) is 0 Å². The fraction of sp³-hybridized carbons (Fsp3) is 0.600. The molecule has 1 N–H and O–H groups in total. The van der Waals surface area contributed by atoms with Crippen LogP contribution in [0, 0.1) is 0 Å². The lowest BCUT2D eigenvalue weighted by molar-refractivity contribution is 0.106. The van der Waals surface area contributed by atoms with Crippen molar-refractivity contribution in [2.24, 2.45) is 0 Å². The molecule has 2 atom stereocenters. The Bertz CT molecular complexity index is 315. The van der Waals surface area contributed by atoms with Crippen LogP contribution in [0.2, 0.25) is 0 Å². The summed E-state index contributed by atoms with van der Waals surface area (Å²) in [5.74, 6) is 0.379. The van der Waals surface area contributed by atoms with Gasteiger partial charge in [0.15, 0.2) is 0 Å². The molecule has 1 aliphatic carbocycles. The number of aliphatic hydroxyl groups is 1. The van der Waals surface area contributed by atoms with Gasteiger partial charge in [-0.25, -0.2) is 0 Å². The lowest BCUT2D eigenvalue weighted by atomic mass is 9.81. The molecular weight excluding hydrogens is 196 g/mol. The quantitative estimate of drug-likeness (QED) is 0.821. The van der Waals surface area contributed by atoms with E-state index < -0.39 is 0 Å². The van der Waals surface area contributed by atoms with Crippen LogP contribution in [0.5, 0.6) is 0 Å². The molecule has 16 heavy (non-hydrogen) atoms. The Morgan fingerprint density at radius 1 is 1.12 bits per heavy atom. The van der Waals surface area contributed by atoms with Crippen LogP contribution in [0.1, 0.15) is 56.1 Å². The van der Waals surface area contributed by atoms with Crippen molar-refractivity contribution in [3.8, 4) is 0 Å². The van der Waals surface area contributed by atoms with Crippen LogP contribution >= 0.6 is 0 Å². The zero-order valence-electron chi connectivity index (χ0n) is 10.2. The van der Waals surface area contributed by atoms with Crippen LogP contribution < -0.4 is 0 Å². The summed E-state index contributed by atoms with van der Waals surface area (Å²) in [6.07, 6.45) is 6.81. The van der Waals surface area contributed by atoms with E-state index >= 15 is 0 Å². The van der Waals surface area contributed by atoms with Crippen molar-refractivity contribution in [2.75, 3.05) is 0 Å². The van der Waals surface area contributed by atoms with E-state index in [1.165, 1.54) is 30.4 Å². The lowest BCUT2D eigenvalue weighted by Crippen LogP contribution is -2.22. The molecule has 1 aromatic rings. The van der Waals surface area contributed by atoms with Crippen molar-refractivity contribution in [3.05, 3.63) is 35.4 Å². The summed E-state index contributed by atoms with van der Waals surface area (Å²) in [6, 6.07) is 8.87. The minimum atomic E-state index is -0.120. The minimum absolute atomic E-state index is 0.120. The molecule has 1 aliphatic rings. The summed E-state index contributed by atoms with van der Waals surface area (Å²) in [5.41, 5.74) is 2.74. The Balaban J connectivity index is 2.08. The SMILES string of the molecule is CCCc1ccc([C@@H]2CCCC[C@@H]2O)cc1. The molecule has 1 saturated carbocycles. The lowest BCUT2D eigenvalue weighted by Gasteiger charge is -2.28. The van der Waals surface area contributed by atoms with Crippen molar-refractivity contribution in [3.63, 3.8) is 0 Å². The number of hydrogen-bond acceptors (Lipinski definition) is 1. The Kier molecular flexibility index (Phi) is 4.00. The Morgan fingerprint density at radius 2 is 1.81 bits per heavy atom. The van der Waals surface area contributed by atoms with E-state index in [-0.39, 0.29) is 6.10 Å². The summed E-state index contributed by atoms with van der Waals surface area (Å²) in [4.78, 5) is 0. The zero-order valence-corrected chi connectivity index (χ0v) is 10.2. The van der Waals surface area contributed by atoms with Gasteiger partial charge in [0, 0.05) is 5.92 Å². The third kappa shape index (κ3) is 2.65. The van der Waals surface area contributed by atoms with Crippen molar-refractivity contribution in [1.82, 2.24) is 0 Å². The summed E-state index contributed by atoms with van der Waals surface area (Å²) in [7, 11) is 0. The maximum absolute atomic E-state index is 10.00. The summed E-state index contributed by atoms with van der Waals surface area (Å²) in [5, 5.41) is 10.00. The van der Waals surface area contributed by atoms with E-state index in [1.807, 2.05) is 0 Å². The average molecular weight is 218 g/mol. The van der Waals surface area contributed by atoms with Gasteiger partial charge >= 0.3 is 0 Å². The van der Waals surface area contributed by atoms with Crippen molar-refractivity contribution < 1.29 is 5.11 Å². The van der Waals surface area contributed by atoms with Gasteiger partial charge in [-0.05, 0) is 30.4 Å². The number of rotatable bonds is 3. The standard InChI is InChI=1S/C15H22O/c1-2-5-12-8-10-13(11-9-12)14-6-3-4-7-15(14)16/h8-11,14-16H,2-7H2,1H3/t14-,15-/m0/s1. The van der Waals surface area contributed by atoms with Gasteiger partial charge in [0.25, 0.3) is 0 Å². The van der Waals surface area contributed by atoms with Gasteiger partial charge in [0.05, 0.1) is 6.10 Å². The summed E-state index contributed by atoms with van der Waals surface area (Å²) in [6.45, 7) is 2.21. The van der Waals surface area contributed by atoms with Crippen LogP contribution in [0.4, 0.5) is 0 Å². The highest BCUT2D eigenvalue weighted by molar-refractivity contribution is 5.26. The molecule has 0 heterocycles. The van der Waals surface area contributed by atoms with Crippen LogP contribution in [-0.4, -0.2) is 11.2 Å². The molecule has 0 aliphatic heterocycles. The predicted molar refractivity (Wildman–Crippen MR) is 67.7 cm³/mol. The van der Waals surface area contributed by atoms with Crippen molar-refractivity contribution >= 4 is 0 Å². The Morgan fingerprint density at radius 3 is 2.44 bits per heavy atom. The highest BCUT2D eigenvalue weighted by Gasteiger charge is 2.24. The molecule has 0 saturated heterocycles. The molecule has 1 fully saturated rings. The molecule has 0 bridgehead atoms. The van der Waals surface area contributed by atoms with E-state index in [1.54, 1.807) is 0 Å². The van der Waals surface area contributed by atoms with E-state index in [0.717, 1.165) is 19.3 Å². The minimum Gasteiger partial charge on any atom is -0.392 e. The van der Waals surface area contributed by atoms with Gasteiger partial charge in [-0.3, -0.25) is 0 Å². The molecule has 0 amide bonds. The van der Waals surface area contributed by atoms with E-state index in [9.17, 15) is 5.11 Å². The largest absolute Gasteiger partial charge is 0.392 e. The molecule has 0 aromatic heterocycles. The summed E-state index contributed by atoms with van der Waals surface area (Å²) >= 11 is 0. The zero-order chi connectivity index (χ0) is 11.4. The second-order valence-corrected chi connectivity index (χ2v) is 4.95. The van der Waals surface area contributed by atoms with Gasteiger partial charge in [-0.2, -0.15) is 0 Å². The first kappa shape index (κ1) is 11.7.